The summed E-state index contributed by atoms with van der Waals surface area (Å²) in [5.41, 5.74) is 2.08. The summed E-state index contributed by atoms with van der Waals surface area (Å²) in [6.07, 6.45) is 0.846. The summed E-state index contributed by atoms with van der Waals surface area (Å²) in [7, 11) is 0. The Hall–Kier alpha value is -2.66. The molecule has 1 aliphatic rings. The van der Waals surface area contributed by atoms with Gasteiger partial charge in [0.2, 0.25) is 11.7 Å². The van der Waals surface area contributed by atoms with Crippen LogP contribution in [0.5, 0.6) is 5.75 Å². The molecule has 5 nitrogen and oxygen atoms in total. The van der Waals surface area contributed by atoms with Gasteiger partial charge in [-0.1, -0.05) is 35.5 Å². The van der Waals surface area contributed by atoms with Crippen molar-refractivity contribution in [3.63, 3.8) is 0 Å². The zero-order valence-corrected chi connectivity index (χ0v) is 13.3. The number of ether oxygens (including phenoxy) is 1. The van der Waals surface area contributed by atoms with Crippen LogP contribution in [0.2, 0.25) is 0 Å². The lowest BCUT2D eigenvalue weighted by Crippen LogP contribution is -2.43. The van der Waals surface area contributed by atoms with Crippen molar-refractivity contribution in [1.82, 2.24) is 15.5 Å². The lowest BCUT2D eigenvalue weighted by Gasteiger charge is -2.25. The second-order valence-electron chi connectivity index (χ2n) is 6.04. The first-order valence-corrected chi connectivity index (χ1v) is 8.17. The maximum Gasteiger partial charge on any atom is 0.227 e. The third-order valence-corrected chi connectivity index (χ3v) is 4.16. The lowest BCUT2D eigenvalue weighted by atomic mass is 10.00. The van der Waals surface area contributed by atoms with Gasteiger partial charge in [-0.3, -0.25) is 0 Å². The molecule has 24 heavy (non-hydrogen) atoms. The summed E-state index contributed by atoms with van der Waals surface area (Å²) in [6.45, 7) is 2.62. The minimum absolute atomic E-state index is 0.558. The van der Waals surface area contributed by atoms with E-state index in [1.165, 1.54) is 0 Å². The van der Waals surface area contributed by atoms with Gasteiger partial charge in [-0.15, -0.1) is 0 Å². The zero-order valence-electron chi connectivity index (χ0n) is 13.3. The Balaban J connectivity index is 1.38. The largest absolute Gasteiger partial charge is 0.489 e. The highest BCUT2D eigenvalue weighted by Crippen LogP contribution is 2.21. The van der Waals surface area contributed by atoms with Gasteiger partial charge in [0.05, 0.1) is 0 Å². The van der Waals surface area contributed by atoms with E-state index in [2.05, 4.69) is 15.5 Å². The van der Waals surface area contributed by atoms with Crippen LogP contribution in [0, 0.1) is 5.92 Å². The Morgan fingerprint density at radius 3 is 2.54 bits per heavy atom. The van der Waals surface area contributed by atoms with Crippen LogP contribution in [0.25, 0.3) is 11.4 Å². The number of hydrogen-bond donors (Lipinski definition) is 1. The second-order valence-corrected chi connectivity index (χ2v) is 6.04. The molecule has 0 radical (unpaired) electrons. The predicted molar refractivity (Wildman–Crippen MR) is 90.6 cm³/mol. The van der Waals surface area contributed by atoms with E-state index in [0.29, 0.717) is 24.2 Å². The fraction of sp³-hybridized carbons (Fsp3) is 0.263. The van der Waals surface area contributed by atoms with E-state index in [9.17, 15) is 0 Å². The first kappa shape index (κ1) is 14.9. The van der Waals surface area contributed by atoms with Gasteiger partial charge in [0.25, 0.3) is 0 Å². The Labute approximate surface area is 140 Å². The lowest BCUT2D eigenvalue weighted by molar-refractivity contribution is 0.296. The quantitative estimate of drug-likeness (QED) is 0.756. The maximum absolute atomic E-state index is 5.79. The molecule has 1 aromatic heterocycles. The van der Waals surface area contributed by atoms with E-state index in [4.69, 9.17) is 9.26 Å². The molecule has 0 aliphatic carbocycles. The standard InChI is InChI=1S/C19H19N3O2/c1-2-4-14(5-3-1)13-23-17-8-6-16(7-9-17)19-21-18(24-22-19)10-15-11-20-12-15/h1-9,15,20H,10-13H2. The van der Waals surface area contributed by atoms with Crippen LogP contribution in [0.3, 0.4) is 0 Å². The number of rotatable bonds is 6. The smallest absolute Gasteiger partial charge is 0.227 e. The van der Waals surface area contributed by atoms with Crippen LogP contribution < -0.4 is 10.1 Å². The molecule has 1 N–H and O–H groups in total. The van der Waals surface area contributed by atoms with Crippen LogP contribution in [0.1, 0.15) is 11.5 Å². The van der Waals surface area contributed by atoms with Gasteiger partial charge in [-0.05, 0) is 48.8 Å². The second kappa shape index (κ2) is 6.84. The molecule has 0 spiro atoms. The predicted octanol–water partition coefficient (Wildman–Crippen LogP) is 3.08. The average Bonchev–Trinajstić information content (AvgIpc) is 3.07. The first-order valence-electron chi connectivity index (χ1n) is 8.17. The topological polar surface area (TPSA) is 60.2 Å². The van der Waals surface area contributed by atoms with Crippen molar-refractivity contribution in [2.24, 2.45) is 5.92 Å². The Kier molecular flexibility index (Phi) is 4.25. The van der Waals surface area contributed by atoms with Gasteiger partial charge >= 0.3 is 0 Å². The molecular formula is C19H19N3O2. The molecule has 1 aliphatic heterocycles. The van der Waals surface area contributed by atoms with Crippen molar-refractivity contribution < 1.29 is 9.26 Å². The molecule has 4 rings (SSSR count). The van der Waals surface area contributed by atoms with Gasteiger partial charge in [0, 0.05) is 12.0 Å². The molecule has 3 aromatic rings. The van der Waals surface area contributed by atoms with Gasteiger partial charge in [-0.25, -0.2) is 0 Å². The van der Waals surface area contributed by atoms with Crippen LogP contribution in [0.4, 0.5) is 0 Å². The molecule has 5 heteroatoms. The van der Waals surface area contributed by atoms with Crippen molar-refractivity contribution >= 4 is 0 Å². The third-order valence-electron chi connectivity index (χ3n) is 4.16. The number of benzene rings is 2. The van der Waals surface area contributed by atoms with E-state index in [1.54, 1.807) is 0 Å². The van der Waals surface area contributed by atoms with Gasteiger partial charge in [0.15, 0.2) is 0 Å². The van der Waals surface area contributed by atoms with Gasteiger partial charge < -0.3 is 14.6 Å². The first-order chi connectivity index (χ1) is 11.9. The fourth-order valence-corrected chi connectivity index (χ4v) is 2.64. The number of hydrogen-bond acceptors (Lipinski definition) is 5. The molecule has 0 amide bonds. The summed E-state index contributed by atoms with van der Waals surface area (Å²) in [5, 5.41) is 7.32. The number of nitrogens with one attached hydrogen (secondary N) is 1. The molecule has 0 unspecified atom stereocenters. The maximum atomic E-state index is 5.79. The van der Waals surface area contributed by atoms with Crippen LogP contribution in [-0.4, -0.2) is 23.2 Å². The van der Waals surface area contributed by atoms with Crippen molar-refractivity contribution in [1.29, 1.82) is 0 Å². The number of aromatic nitrogens is 2. The molecule has 122 valence electrons. The van der Waals surface area contributed by atoms with Gasteiger partial charge in [0.1, 0.15) is 12.4 Å². The Morgan fingerprint density at radius 1 is 1.04 bits per heavy atom. The average molecular weight is 321 g/mol. The normalized spacial score (nSPS) is 14.3. The summed E-state index contributed by atoms with van der Waals surface area (Å²) in [4.78, 5) is 4.48. The summed E-state index contributed by atoms with van der Waals surface area (Å²) in [5.74, 6) is 2.78. The highest BCUT2D eigenvalue weighted by molar-refractivity contribution is 5.55. The van der Waals surface area contributed by atoms with Crippen molar-refractivity contribution in [3.8, 4) is 17.1 Å². The number of nitrogens with zero attached hydrogens (tertiary/aromatic N) is 2. The summed E-state index contributed by atoms with van der Waals surface area (Å²) < 4.78 is 11.1. The Bertz CT molecular complexity index is 780. The molecule has 2 heterocycles. The van der Waals surface area contributed by atoms with Crippen molar-refractivity contribution in [3.05, 3.63) is 66.1 Å². The zero-order chi connectivity index (χ0) is 16.2. The highest BCUT2D eigenvalue weighted by atomic mass is 16.5. The fourth-order valence-electron chi connectivity index (χ4n) is 2.64. The van der Waals surface area contributed by atoms with Crippen molar-refractivity contribution in [2.45, 2.75) is 13.0 Å². The highest BCUT2D eigenvalue weighted by Gasteiger charge is 2.20. The van der Waals surface area contributed by atoms with Crippen LogP contribution in [-0.2, 0) is 13.0 Å². The minimum Gasteiger partial charge on any atom is -0.489 e. The molecule has 1 fully saturated rings. The van der Waals surface area contributed by atoms with Crippen LogP contribution in [0.15, 0.2) is 59.1 Å². The molecular weight excluding hydrogens is 302 g/mol. The van der Waals surface area contributed by atoms with Crippen LogP contribution >= 0.6 is 0 Å². The monoisotopic (exact) mass is 321 g/mol. The van der Waals surface area contributed by atoms with Gasteiger partial charge in [-0.2, -0.15) is 4.98 Å². The molecule has 1 saturated heterocycles. The van der Waals surface area contributed by atoms with E-state index in [0.717, 1.165) is 36.4 Å². The SMILES string of the molecule is c1ccc(COc2ccc(-c3noc(CC4CNC4)n3)cc2)cc1. The summed E-state index contributed by atoms with van der Waals surface area (Å²) in [6, 6.07) is 17.9. The molecule has 2 aromatic carbocycles. The van der Waals surface area contributed by atoms with E-state index in [1.807, 2.05) is 54.6 Å². The van der Waals surface area contributed by atoms with E-state index >= 15 is 0 Å². The molecule has 0 bridgehead atoms. The minimum atomic E-state index is 0.558. The Morgan fingerprint density at radius 2 is 1.83 bits per heavy atom. The summed E-state index contributed by atoms with van der Waals surface area (Å²) >= 11 is 0. The molecule has 0 saturated carbocycles. The van der Waals surface area contributed by atoms with E-state index in [-0.39, 0.29) is 0 Å². The van der Waals surface area contributed by atoms with E-state index < -0.39 is 0 Å². The van der Waals surface area contributed by atoms with Crippen molar-refractivity contribution in [2.75, 3.05) is 13.1 Å². The third kappa shape index (κ3) is 3.46. The molecule has 0 atom stereocenters.